The predicted molar refractivity (Wildman–Crippen MR) is 170 cm³/mol. The molecule has 1 saturated carbocycles. The number of thiocarbonyl (C=S) groups is 1. The van der Waals surface area contributed by atoms with E-state index in [1.807, 2.05) is 16.7 Å². The summed E-state index contributed by atoms with van der Waals surface area (Å²) < 4.78 is 23.5. The molecule has 1 aromatic heterocycles. The maximum absolute atomic E-state index is 15.9. The molecule has 0 spiro atoms. The summed E-state index contributed by atoms with van der Waals surface area (Å²) in [6.45, 7) is 3.64. The second kappa shape index (κ2) is 12.6. The summed E-state index contributed by atoms with van der Waals surface area (Å²) in [4.78, 5) is 35.6. The van der Waals surface area contributed by atoms with Gasteiger partial charge in [0.2, 0.25) is 11.0 Å². The summed E-state index contributed by atoms with van der Waals surface area (Å²) in [6.07, 6.45) is 4.34. The number of rotatable bonds is 8. The van der Waals surface area contributed by atoms with E-state index in [2.05, 4.69) is 20.6 Å². The number of hydroxylamine groups is 1. The van der Waals surface area contributed by atoms with Gasteiger partial charge in [0.25, 0.3) is 0 Å². The van der Waals surface area contributed by atoms with E-state index in [4.69, 9.17) is 33.4 Å². The standard InChI is InChI=1S/C30H33ClFN7O6S/c1-15-12-36(25-21(32)11-19-24(27(25)44-2)38(17-5-6-17)13-20(26(19)40)29(42)43)8-9-37(15)14-39-22-7-4-16(31)10-18(22)23(28(39)41)33-34-30(46)35-45-3/h4,7,10-11,13,15,17,19,24,41H,5-6,8-9,12,14H2,1-3H3,(H,35,46)(H,42,43). The van der Waals surface area contributed by atoms with Gasteiger partial charge in [0.05, 0.1) is 32.3 Å². The third-order valence-electron chi connectivity index (χ3n) is 8.79. The number of azo groups is 1. The van der Waals surface area contributed by atoms with E-state index in [0.717, 1.165) is 12.8 Å². The Morgan fingerprint density at radius 3 is 2.67 bits per heavy atom. The number of hydrogen-bond acceptors (Lipinski definition) is 10. The zero-order chi connectivity index (χ0) is 32.9. The number of fused-ring (bicyclic) bond motifs is 2. The van der Waals surface area contributed by atoms with Crippen LogP contribution in [0.4, 0.5) is 10.1 Å². The molecular weight excluding hydrogens is 641 g/mol. The van der Waals surface area contributed by atoms with Crippen LogP contribution in [0.3, 0.4) is 0 Å². The molecule has 0 radical (unpaired) electrons. The van der Waals surface area contributed by atoms with Gasteiger partial charge in [-0.3, -0.25) is 19.1 Å². The number of allylic oxidation sites excluding steroid dienone is 1. The lowest BCUT2D eigenvalue weighted by Crippen LogP contribution is -2.54. The Bertz CT molecular complexity index is 1740. The van der Waals surface area contributed by atoms with Crippen molar-refractivity contribution in [2.45, 2.75) is 44.6 Å². The topological polar surface area (TPSA) is 144 Å². The fourth-order valence-electron chi connectivity index (χ4n) is 6.48. The molecule has 2 aliphatic carbocycles. The Morgan fingerprint density at radius 2 is 2.02 bits per heavy atom. The lowest BCUT2D eigenvalue weighted by molar-refractivity contribution is -0.136. The highest BCUT2D eigenvalue weighted by molar-refractivity contribution is 7.80. The molecule has 3 N–H and O–H groups in total. The number of methoxy groups -OCH3 is 1. The average Bonchev–Trinajstić information content (AvgIpc) is 3.83. The molecule has 3 atom stereocenters. The number of ether oxygens (including phenoxy) is 1. The Hall–Kier alpha value is -4.05. The lowest BCUT2D eigenvalue weighted by Gasteiger charge is -2.46. The minimum Gasteiger partial charge on any atom is -0.497 e. The molecule has 1 saturated heterocycles. The minimum atomic E-state index is -1.33. The number of carbonyl (C=O) groups excluding carboxylic acids is 1. The zero-order valence-electron chi connectivity index (χ0n) is 25.3. The number of carbonyl (C=O) groups is 2. The number of benzene rings is 1. The summed E-state index contributed by atoms with van der Waals surface area (Å²) in [5.41, 5.74) is 3.21. The van der Waals surface area contributed by atoms with Gasteiger partial charge in [-0.2, -0.15) is 0 Å². The Balaban J connectivity index is 1.27. The smallest absolute Gasteiger partial charge is 0.340 e. The number of aromatic hydroxyl groups is 1. The Kier molecular flexibility index (Phi) is 8.76. The van der Waals surface area contributed by atoms with E-state index in [9.17, 15) is 19.8 Å². The van der Waals surface area contributed by atoms with Crippen LogP contribution in [-0.2, 0) is 25.8 Å². The highest BCUT2D eigenvalue weighted by Gasteiger charge is 2.50. The molecule has 4 aliphatic rings. The lowest BCUT2D eigenvalue weighted by atomic mass is 9.81. The maximum Gasteiger partial charge on any atom is 0.340 e. The first-order valence-electron chi connectivity index (χ1n) is 14.7. The first-order valence-corrected chi connectivity index (χ1v) is 15.5. The van der Waals surface area contributed by atoms with Crippen molar-refractivity contribution in [2.24, 2.45) is 16.1 Å². The normalized spacial score (nSPS) is 23.9. The van der Waals surface area contributed by atoms with E-state index in [1.54, 1.807) is 22.8 Å². The van der Waals surface area contributed by atoms with Crippen LogP contribution < -0.4 is 5.48 Å². The van der Waals surface area contributed by atoms with Crippen molar-refractivity contribution < 1.29 is 33.8 Å². The number of carboxylic acids is 1. The maximum atomic E-state index is 15.9. The fourth-order valence-corrected chi connectivity index (χ4v) is 6.78. The predicted octanol–water partition coefficient (Wildman–Crippen LogP) is 4.21. The molecule has 244 valence electrons. The van der Waals surface area contributed by atoms with Crippen LogP contribution in [0.2, 0.25) is 5.02 Å². The molecule has 2 aromatic rings. The molecular formula is C30H33ClFN7O6S. The van der Waals surface area contributed by atoms with Crippen molar-refractivity contribution in [1.29, 1.82) is 0 Å². The SMILES string of the molecule is CONC(=S)N=Nc1c(O)n(CN2CCN(C3=C(OC)C4C(C=C3F)C(=O)C(C(=O)O)=CN4C3CC3)CC2C)c2ccc(Cl)cc12. The fraction of sp³-hybridized carbons (Fsp3) is 0.433. The molecule has 0 amide bonds. The van der Waals surface area contributed by atoms with Crippen LogP contribution in [-0.4, -0.2) is 98.3 Å². The van der Waals surface area contributed by atoms with E-state index >= 15 is 4.39 Å². The van der Waals surface area contributed by atoms with E-state index in [-0.39, 0.29) is 40.0 Å². The van der Waals surface area contributed by atoms with Crippen LogP contribution in [0.25, 0.3) is 10.9 Å². The van der Waals surface area contributed by atoms with Crippen LogP contribution in [0.1, 0.15) is 19.8 Å². The summed E-state index contributed by atoms with van der Waals surface area (Å²) in [7, 11) is 2.85. The number of aliphatic carboxylic acids is 1. The molecule has 46 heavy (non-hydrogen) atoms. The minimum absolute atomic E-state index is 0.0224. The van der Waals surface area contributed by atoms with Crippen molar-refractivity contribution in [1.82, 2.24) is 24.7 Å². The van der Waals surface area contributed by atoms with E-state index < -0.39 is 29.5 Å². The van der Waals surface area contributed by atoms with Gasteiger partial charge in [-0.1, -0.05) is 11.6 Å². The van der Waals surface area contributed by atoms with Gasteiger partial charge in [-0.25, -0.2) is 14.7 Å². The molecule has 13 nitrogen and oxygen atoms in total. The number of nitrogens with one attached hydrogen (secondary N) is 1. The molecule has 0 bridgehead atoms. The molecule has 3 unspecified atom stereocenters. The Labute approximate surface area is 274 Å². The van der Waals surface area contributed by atoms with E-state index in [1.165, 1.54) is 26.5 Å². The summed E-state index contributed by atoms with van der Waals surface area (Å²) in [5, 5.41) is 30.0. The van der Waals surface area contributed by atoms with Crippen molar-refractivity contribution in [2.75, 3.05) is 33.9 Å². The number of nitrogens with zero attached hydrogens (tertiary/aromatic N) is 6. The Morgan fingerprint density at radius 1 is 1.26 bits per heavy atom. The number of halogens is 2. The first-order chi connectivity index (χ1) is 22.0. The third kappa shape index (κ3) is 5.72. The molecule has 16 heteroatoms. The second-order valence-electron chi connectivity index (χ2n) is 11.6. The molecule has 3 heterocycles. The first kappa shape index (κ1) is 31.9. The summed E-state index contributed by atoms with van der Waals surface area (Å²) in [5.74, 6) is -3.38. The van der Waals surface area contributed by atoms with Gasteiger partial charge < -0.3 is 24.7 Å². The number of hydrogen-bond donors (Lipinski definition) is 3. The van der Waals surface area contributed by atoms with Gasteiger partial charge in [-0.05, 0) is 56.3 Å². The van der Waals surface area contributed by atoms with Gasteiger partial charge in [0.1, 0.15) is 28.9 Å². The zero-order valence-corrected chi connectivity index (χ0v) is 26.9. The monoisotopic (exact) mass is 673 g/mol. The third-order valence-corrected chi connectivity index (χ3v) is 9.19. The van der Waals surface area contributed by atoms with Crippen LogP contribution in [0.15, 0.2) is 63.6 Å². The number of Topliss-reactive ketones (excluding diaryl/α,β-unsaturated/α-hetero) is 1. The number of piperazine rings is 1. The van der Waals surface area contributed by atoms with E-state index in [0.29, 0.717) is 48.0 Å². The van der Waals surface area contributed by atoms with Crippen LogP contribution in [0, 0.1) is 5.92 Å². The number of carboxylic acid groups (broad SMARTS) is 1. The van der Waals surface area contributed by atoms with Crippen LogP contribution >= 0.6 is 23.8 Å². The summed E-state index contributed by atoms with van der Waals surface area (Å²) >= 11 is 11.3. The number of ketones is 1. The summed E-state index contributed by atoms with van der Waals surface area (Å²) in [6, 6.07) is 4.52. The average molecular weight is 674 g/mol. The van der Waals surface area contributed by atoms with Crippen molar-refractivity contribution in [3.63, 3.8) is 0 Å². The van der Waals surface area contributed by atoms with Gasteiger partial charge in [0.15, 0.2) is 11.5 Å². The molecule has 2 fully saturated rings. The van der Waals surface area contributed by atoms with Crippen molar-refractivity contribution in [3.05, 3.63) is 58.4 Å². The number of aromatic nitrogens is 1. The molecule has 6 rings (SSSR count). The largest absolute Gasteiger partial charge is 0.497 e. The highest BCUT2D eigenvalue weighted by Crippen LogP contribution is 2.45. The van der Waals surface area contributed by atoms with Crippen molar-refractivity contribution in [3.8, 4) is 5.88 Å². The molecule has 1 aromatic carbocycles. The quantitative estimate of drug-likeness (QED) is 0.160. The second-order valence-corrected chi connectivity index (χ2v) is 12.4. The van der Waals surface area contributed by atoms with Crippen molar-refractivity contribution >= 4 is 57.3 Å². The molecule has 2 aliphatic heterocycles. The highest BCUT2D eigenvalue weighted by atomic mass is 35.5. The van der Waals surface area contributed by atoms with Gasteiger partial charge in [0, 0.05) is 48.3 Å². The van der Waals surface area contributed by atoms with Gasteiger partial charge in [-0.15, -0.1) is 10.2 Å². The van der Waals surface area contributed by atoms with Gasteiger partial charge >= 0.3 is 5.97 Å². The van der Waals surface area contributed by atoms with Crippen LogP contribution in [0.5, 0.6) is 5.88 Å².